The van der Waals surface area contributed by atoms with Crippen LogP contribution in [0.3, 0.4) is 0 Å². The van der Waals surface area contributed by atoms with Crippen molar-refractivity contribution in [2.45, 2.75) is 31.1 Å². The number of hydrogen-bond acceptors (Lipinski definition) is 4. The fraction of sp³-hybridized carbons (Fsp3) is 0.364. The highest BCUT2D eigenvalue weighted by atomic mass is 16.6. The molecule has 4 rings (SSSR count). The second-order valence-electron chi connectivity index (χ2n) is 7.38. The summed E-state index contributed by atoms with van der Waals surface area (Å²) in [4.78, 5) is 24.8. The zero-order valence-electron chi connectivity index (χ0n) is 16.4. The van der Waals surface area contributed by atoms with E-state index in [1.807, 2.05) is 18.2 Å². The molecule has 0 aromatic heterocycles. The lowest BCUT2D eigenvalue weighted by atomic mass is 9.77. The van der Waals surface area contributed by atoms with Crippen LogP contribution < -0.4 is 25.4 Å². The molecule has 3 N–H and O–H groups in total. The summed E-state index contributed by atoms with van der Waals surface area (Å²) in [6, 6.07) is 12.6. The van der Waals surface area contributed by atoms with Crippen molar-refractivity contribution in [3.63, 3.8) is 0 Å². The third-order valence-electron chi connectivity index (χ3n) is 5.61. The van der Waals surface area contributed by atoms with Crippen LogP contribution >= 0.6 is 0 Å². The number of amides is 3. The Morgan fingerprint density at radius 3 is 2.14 bits per heavy atom. The van der Waals surface area contributed by atoms with Gasteiger partial charge in [0.1, 0.15) is 13.2 Å². The maximum Gasteiger partial charge on any atom is 0.318 e. The first-order valence-electron chi connectivity index (χ1n) is 9.91. The van der Waals surface area contributed by atoms with E-state index in [0.29, 0.717) is 30.3 Å². The number of carbonyl (C=O) groups is 2. The Hall–Kier alpha value is -3.22. The van der Waals surface area contributed by atoms with Gasteiger partial charge in [0.15, 0.2) is 11.5 Å². The summed E-state index contributed by atoms with van der Waals surface area (Å²) in [7, 11) is 1.56. The van der Waals surface area contributed by atoms with Crippen molar-refractivity contribution in [2.75, 3.05) is 30.9 Å². The molecule has 0 spiro atoms. The highest BCUT2D eigenvalue weighted by Gasteiger charge is 2.43. The van der Waals surface area contributed by atoms with E-state index in [-0.39, 0.29) is 11.9 Å². The minimum Gasteiger partial charge on any atom is -0.486 e. The molecular weight excluding hydrogens is 370 g/mol. The molecule has 29 heavy (non-hydrogen) atoms. The number of carbonyl (C=O) groups excluding carboxylic acids is 2. The lowest BCUT2D eigenvalue weighted by molar-refractivity contribution is -0.121. The average molecular weight is 395 g/mol. The number of nitrogens with one attached hydrogen (secondary N) is 3. The van der Waals surface area contributed by atoms with Crippen molar-refractivity contribution in [1.82, 2.24) is 5.32 Å². The number of anilines is 2. The Kier molecular flexibility index (Phi) is 5.29. The molecule has 152 valence electrons. The minimum absolute atomic E-state index is 0.0151. The van der Waals surface area contributed by atoms with Crippen molar-refractivity contribution in [1.29, 1.82) is 0 Å². The summed E-state index contributed by atoms with van der Waals surface area (Å²) >= 11 is 0. The molecule has 0 saturated heterocycles. The Morgan fingerprint density at radius 2 is 1.48 bits per heavy atom. The molecular formula is C22H25N3O4. The average Bonchev–Trinajstić information content (AvgIpc) is 3.26. The molecule has 0 unspecified atom stereocenters. The third-order valence-corrected chi connectivity index (χ3v) is 5.61. The molecule has 1 heterocycles. The molecule has 1 saturated carbocycles. The molecule has 0 atom stereocenters. The minimum atomic E-state index is -0.575. The Morgan fingerprint density at radius 1 is 0.862 bits per heavy atom. The second kappa shape index (κ2) is 8.03. The molecule has 1 fully saturated rings. The van der Waals surface area contributed by atoms with E-state index < -0.39 is 5.41 Å². The van der Waals surface area contributed by atoms with E-state index in [1.54, 1.807) is 31.3 Å². The summed E-state index contributed by atoms with van der Waals surface area (Å²) in [6.07, 6.45) is 3.62. The Balaban J connectivity index is 1.54. The van der Waals surface area contributed by atoms with Crippen LogP contribution in [0.1, 0.15) is 31.2 Å². The summed E-state index contributed by atoms with van der Waals surface area (Å²) in [5, 5.41) is 8.26. The number of urea groups is 1. The molecule has 0 radical (unpaired) electrons. The first kappa shape index (κ1) is 19.1. The molecule has 1 aliphatic heterocycles. The van der Waals surface area contributed by atoms with Crippen molar-refractivity contribution >= 4 is 23.3 Å². The van der Waals surface area contributed by atoms with Crippen LogP contribution in [-0.2, 0) is 10.2 Å². The van der Waals surface area contributed by atoms with Gasteiger partial charge in [0.05, 0.1) is 5.41 Å². The van der Waals surface area contributed by atoms with Crippen molar-refractivity contribution in [3.8, 4) is 11.5 Å². The maximum absolute atomic E-state index is 13.4. The second-order valence-corrected chi connectivity index (χ2v) is 7.38. The van der Waals surface area contributed by atoms with Gasteiger partial charge in [-0.25, -0.2) is 4.79 Å². The summed E-state index contributed by atoms with van der Waals surface area (Å²) in [5.74, 6) is 1.42. The van der Waals surface area contributed by atoms with Gasteiger partial charge in [0.25, 0.3) is 0 Å². The molecule has 0 bridgehead atoms. The fourth-order valence-electron chi connectivity index (χ4n) is 4.05. The zero-order chi connectivity index (χ0) is 20.3. The first-order valence-corrected chi connectivity index (χ1v) is 9.91. The van der Waals surface area contributed by atoms with Crippen molar-refractivity contribution in [3.05, 3.63) is 48.0 Å². The normalized spacial score (nSPS) is 16.7. The van der Waals surface area contributed by atoms with Crippen LogP contribution in [0.4, 0.5) is 16.2 Å². The van der Waals surface area contributed by atoms with Gasteiger partial charge >= 0.3 is 6.03 Å². The maximum atomic E-state index is 13.4. The van der Waals surface area contributed by atoms with Crippen LogP contribution in [0.2, 0.25) is 0 Å². The molecule has 2 aromatic rings. The molecule has 7 heteroatoms. The van der Waals surface area contributed by atoms with Gasteiger partial charge in [0, 0.05) is 18.4 Å². The smallest absolute Gasteiger partial charge is 0.318 e. The Bertz CT molecular complexity index is 905. The number of hydrogen-bond donors (Lipinski definition) is 3. The quantitative estimate of drug-likeness (QED) is 0.737. The number of fused-ring (bicyclic) bond motifs is 1. The van der Waals surface area contributed by atoms with E-state index in [0.717, 1.165) is 37.0 Å². The van der Waals surface area contributed by atoms with E-state index >= 15 is 0 Å². The molecule has 2 aromatic carbocycles. The molecule has 7 nitrogen and oxygen atoms in total. The van der Waals surface area contributed by atoms with Gasteiger partial charge in [-0.2, -0.15) is 0 Å². The summed E-state index contributed by atoms with van der Waals surface area (Å²) < 4.78 is 11.3. The fourth-order valence-corrected chi connectivity index (χ4v) is 4.05. The highest BCUT2D eigenvalue weighted by Crippen LogP contribution is 2.45. The Labute approximate surface area is 169 Å². The van der Waals surface area contributed by atoms with Gasteiger partial charge in [-0.15, -0.1) is 0 Å². The highest BCUT2D eigenvalue weighted by molar-refractivity contribution is 6.00. The molecule has 3 amide bonds. The van der Waals surface area contributed by atoms with E-state index in [1.165, 1.54) is 0 Å². The first-order chi connectivity index (χ1) is 14.1. The molecule has 1 aliphatic carbocycles. The van der Waals surface area contributed by atoms with Crippen LogP contribution in [-0.4, -0.2) is 32.2 Å². The number of rotatable bonds is 4. The largest absolute Gasteiger partial charge is 0.486 e. The number of ether oxygens (including phenoxy) is 2. The zero-order valence-corrected chi connectivity index (χ0v) is 16.4. The van der Waals surface area contributed by atoms with Gasteiger partial charge < -0.3 is 25.4 Å². The van der Waals surface area contributed by atoms with Gasteiger partial charge in [0.2, 0.25) is 5.91 Å². The summed E-state index contributed by atoms with van der Waals surface area (Å²) in [5.41, 5.74) is 1.75. The predicted molar refractivity (Wildman–Crippen MR) is 111 cm³/mol. The van der Waals surface area contributed by atoms with Crippen LogP contribution in [0.5, 0.6) is 11.5 Å². The van der Waals surface area contributed by atoms with Crippen LogP contribution in [0.25, 0.3) is 0 Å². The van der Waals surface area contributed by atoms with Gasteiger partial charge in [-0.3, -0.25) is 4.79 Å². The van der Waals surface area contributed by atoms with Gasteiger partial charge in [-0.1, -0.05) is 18.9 Å². The van der Waals surface area contributed by atoms with E-state index in [9.17, 15) is 9.59 Å². The third kappa shape index (κ3) is 3.85. The van der Waals surface area contributed by atoms with Gasteiger partial charge in [-0.05, 0) is 54.8 Å². The van der Waals surface area contributed by atoms with E-state index in [2.05, 4.69) is 16.0 Å². The molecule has 2 aliphatic rings. The lowest BCUT2D eigenvalue weighted by Gasteiger charge is -2.30. The van der Waals surface area contributed by atoms with Crippen molar-refractivity contribution in [2.24, 2.45) is 0 Å². The summed E-state index contributed by atoms with van der Waals surface area (Å²) in [6.45, 7) is 1.06. The van der Waals surface area contributed by atoms with Crippen LogP contribution in [0.15, 0.2) is 42.5 Å². The topological polar surface area (TPSA) is 88.7 Å². The predicted octanol–water partition coefficient (Wildman–Crippen LogP) is 3.66. The number of benzene rings is 2. The van der Waals surface area contributed by atoms with E-state index in [4.69, 9.17) is 9.47 Å². The monoisotopic (exact) mass is 395 g/mol. The lowest BCUT2D eigenvalue weighted by Crippen LogP contribution is -2.38. The standard InChI is InChI=1S/C22H25N3O4/c1-23-21(27)25-17-7-5-16(6-8-17)24-20(26)22(10-2-3-11-22)15-4-9-18-19(14-15)29-13-12-28-18/h4-9,14H,2-3,10-13H2,1H3,(H,24,26)(H2,23,25,27). The van der Waals surface area contributed by atoms with Crippen molar-refractivity contribution < 1.29 is 19.1 Å². The SMILES string of the molecule is CNC(=O)Nc1ccc(NC(=O)C2(c3ccc4c(c3)OCCO4)CCCC2)cc1. The van der Waals surface area contributed by atoms with Crippen LogP contribution in [0, 0.1) is 0 Å².